The first kappa shape index (κ1) is 12.9. The fourth-order valence-electron chi connectivity index (χ4n) is 2.60. The summed E-state index contributed by atoms with van der Waals surface area (Å²) in [4.78, 5) is 23.3. The summed E-state index contributed by atoms with van der Waals surface area (Å²) in [6.45, 7) is 2.00. The standard InChI is InChI=1S/C14H20N2O2/c1-3-5-13(17)15-11-6-4-7-12-10(11)8-9-14(18)16(12)2/h8-9,11H,3-7H2,1-2H3,(H,15,17). The van der Waals surface area contributed by atoms with Crippen LogP contribution in [0.5, 0.6) is 0 Å². The molecule has 0 aromatic carbocycles. The molecule has 0 bridgehead atoms. The normalized spacial score (nSPS) is 18.2. The monoisotopic (exact) mass is 248 g/mol. The lowest BCUT2D eigenvalue weighted by molar-refractivity contribution is -0.122. The average Bonchev–Trinajstić information content (AvgIpc) is 2.35. The molecule has 1 unspecified atom stereocenters. The largest absolute Gasteiger partial charge is 0.349 e. The maximum Gasteiger partial charge on any atom is 0.250 e. The molecule has 0 fully saturated rings. The highest BCUT2D eigenvalue weighted by atomic mass is 16.1. The second-order valence-corrected chi connectivity index (χ2v) is 4.89. The Morgan fingerprint density at radius 1 is 1.50 bits per heavy atom. The van der Waals surface area contributed by atoms with E-state index in [0.717, 1.165) is 36.9 Å². The molecule has 0 spiro atoms. The van der Waals surface area contributed by atoms with Crippen molar-refractivity contribution < 1.29 is 4.79 Å². The summed E-state index contributed by atoms with van der Waals surface area (Å²) in [5.41, 5.74) is 2.19. The van der Waals surface area contributed by atoms with E-state index < -0.39 is 0 Å². The fraction of sp³-hybridized carbons (Fsp3) is 0.571. The molecule has 1 amide bonds. The fourth-order valence-corrected chi connectivity index (χ4v) is 2.60. The van der Waals surface area contributed by atoms with E-state index in [2.05, 4.69) is 5.32 Å². The van der Waals surface area contributed by atoms with Gasteiger partial charge in [0.15, 0.2) is 0 Å². The summed E-state index contributed by atoms with van der Waals surface area (Å²) >= 11 is 0. The Kier molecular flexibility index (Phi) is 3.84. The van der Waals surface area contributed by atoms with Crippen LogP contribution in [0.1, 0.15) is 49.9 Å². The Balaban J connectivity index is 2.26. The van der Waals surface area contributed by atoms with Gasteiger partial charge in [0, 0.05) is 25.2 Å². The van der Waals surface area contributed by atoms with Crippen molar-refractivity contribution in [1.82, 2.24) is 9.88 Å². The van der Waals surface area contributed by atoms with Gasteiger partial charge in [-0.2, -0.15) is 0 Å². The summed E-state index contributed by atoms with van der Waals surface area (Å²) in [6, 6.07) is 3.52. The van der Waals surface area contributed by atoms with E-state index in [1.807, 2.05) is 13.0 Å². The van der Waals surface area contributed by atoms with Gasteiger partial charge in [0.1, 0.15) is 0 Å². The first-order chi connectivity index (χ1) is 8.63. The van der Waals surface area contributed by atoms with E-state index in [-0.39, 0.29) is 17.5 Å². The Bertz CT molecular complexity index is 505. The number of rotatable bonds is 3. The van der Waals surface area contributed by atoms with Crippen molar-refractivity contribution in [2.45, 2.75) is 45.1 Å². The average molecular weight is 248 g/mol. The minimum Gasteiger partial charge on any atom is -0.349 e. The first-order valence-electron chi connectivity index (χ1n) is 6.61. The highest BCUT2D eigenvalue weighted by Crippen LogP contribution is 2.28. The Morgan fingerprint density at radius 2 is 2.28 bits per heavy atom. The van der Waals surface area contributed by atoms with E-state index >= 15 is 0 Å². The number of hydrogen-bond donors (Lipinski definition) is 1. The quantitative estimate of drug-likeness (QED) is 0.884. The molecule has 1 heterocycles. The summed E-state index contributed by atoms with van der Waals surface area (Å²) < 4.78 is 1.70. The molecule has 0 aliphatic heterocycles. The minimum atomic E-state index is 0.0225. The van der Waals surface area contributed by atoms with E-state index in [4.69, 9.17) is 0 Å². The van der Waals surface area contributed by atoms with E-state index in [9.17, 15) is 9.59 Å². The van der Waals surface area contributed by atoms with Crippen LogP contribution in [0, 0.1) is 0 Å². The molecule has 0 saturated heterocycles. The van der Waals surface area contributed by atoms with Crippen molar-refractivity contribution in [2.24, 2.45) is 7.05 Å². The van der Waals surface area contributed by atoms with Gasteiger partial charge in [0.2, 0.25) is 11.5 Å². The van der Waals surface area contributed by atoms with Gasteiger partial charge < -0.3 is 9.88 Å². The van der Waals surface area contributed by atoms with Crippen LogP contribution in [0.4, 0.5) is 0 Å². The molecule has 18 heavy (non-hydrogen) atoms. The number of pyridine rings is 1. The zero-order valence-corrected chi connectivity index (χ0v) is 11.0. The van der Waals surface area contributed by atoms with Crippen molar-refractivity contribution in [1.29, 1.82) is 0 Å². The molecule has 2 rings (SSSR count). The molecule has 1 aromatic rings. The molecule has 1 aliphatic carbocycles. The number of nitrogens with zero attached hydrogens (tertiary/aromatic N) is 1. The number of nitrogens with one attached hydrogen (secondary N) is 1. The predicted octanol–water partition coefficient (Wildman–Crippen LogP) is 1.68. The maximum atomic E-state index is 11.7. The molecule has 0 saturated carbocycles. The Morgan fingerprint density at radius 3 is 3.00 bits per heavy atom. The van der Waals surface area contributed by atoms with Gasteiger partial charge in [0.05, 0.1) is 6.04 Å². The summed E-state index contributed by atoms with van der Waals surface area (Å²) in [5, 5.41) is 3.07. The van der Waals surface area contributed by atoms with E-state index in [0.29, 0.717) is 6.42 Å². The maximum absolute atomic E-state index is 11.7. The highest BCUT2D eigenvalue weighted by molar-refractivity contribution is 5.76. The van der Waals surface area contributed by atoms with E-state index in [1.165, 1.54) is 0 Å². The second kappa shape index (κ2) is 5.38. The molecular formula is C14H20N2O2. The molecule has 1 N–H and O–H groups in total. The van der Waals surface area contributed by atoms with Gasteiger partial charge in [-0.05, 0) is 37.3 Å². The zero-order valence-electron chi connectivity index (χ0n) is 11.0. The number of amides is 1. The molecule has 4 heteroatoms. The van der Waals surface area contributed by atoms with Crippen LogP contribution in [0.2, 0.25) is 0 Å². The smallest absolute Gasteiger partial charge is 0.250 e. The lowest BCUT2D eigenvalue weighted by Gasteiger charge is -2.27. The SMILES string of the molecule is CCCC(=O)NC1CCCc2c1ccc(=O)n2C. The van der Waals surface area contributed by atoms with Crippen LogP contribution in [-0.4, -0.2) is 10.5 Å². The van der Waals surface area contributed by atoms with Gasteiger partial charge in [-0.25, -0.2) is 0 Å². The number of aromatic nitrogens is 1. The highest BCUT2D eigenvalue weighted by Gasteiger charge is 2.23. The third-order valence-corrected chi connectivity index (χ3v) is 3.57. The molecule has 4 nitrogen and oxygen atoms in total. The van der Waals surface area contributed by atoms with E-state index in [1.54, 1.807) is 17.7 Å². The number of carbonyl (C=O) groups excluding carboxylic acids is 1. The Labute approximate surface area is 107 Å². The van der Waals surface area contributed by atoms with Gasteiger partial charge >= 0.3 is 0 Å². The third-order valence-electron chi connectivity index (χ3n) is 3.57. The summed E-state index contributed by atoms with van der Waals surface area (Å²) in [6.07, 6.45) is 4.32. The summed E-state index contributed by atoms with van der Waals surface area (Å²) in [7, 11) is 1.80. The third kappa shape index (κ3) is 2.47. The predicted molar refractivity (Wildman–Crippen MR) is 70.4 cm³/mol. The van der Waals surface area contributed by atoms with Crippen LogP contribution in [0.3, 0.4) is 0 Å². The van der Waals surface area contributed by atoms with Gasteiger partial charge in [0.25, 0.3) is 0 Å². The molecule has 0 radical (unpaired) electrons. The topological polar surface area (TPSA) is 51.1 Å². The summed E-state index contributed by atoms with van der Waals surface area (Å²) in [5.74, 6) is 0.101. The van der Waals surface area contributed by atoms with Crippen molar-refractivity contribution in [2.75, 3.05) is 0 Å². The second-order valence-electron chi connectivity index (χ2n) is 4.89. The molecule has 1 atom stereocenters. The number of fused-ring (bicyclic) bond motifs is 1. The van der Waals surface area contributed by atoms with Crippen molar-refractivity contribution in [3.05, 3.63) is 33.7 Å². The first-order valence-corrected chi connectivity index (χ1v) is 6.61. The number of hydrogen-bond acceptors (Lipinski definition) is 2. The molecule has 1 aliphatic rings. The van der Waals surface area contributed by atoms with Crippen LogP contribution >= 0.6 is 0 Å². The zero-order chi connectivity index (χ0) is 13.1. The van der Waals surface area contributed by atoms with Gasteiger partial charge in [-0.1, -0.05) is 6.92 Å². The van der Waals surface area contributed by atoms with Crippen molar-refractivity contribution in [3.63, 3.8) is 0 Å². The molecule has 98 valence electrons. The lowest BCUT2D eigenvalue weighted by Crippen LogP contribution is -2.33. The Hall–Kier alpha value is -1.58. The van der Waals surface area contributed by atoms with Gasteiger partial charge in [-0.3, -0.25) is 9.59 Å². The van der Waals surface area contributed by atoms with Crippen LogP contribution in [0.25, 0.3) is 0 Å². The molecule has 1 aromatic heterocycles. The minimum absolute atomic E-state index is 0.0225. The van der Waals surface area contributed by atoms with Gasteiger partial charge in [-0.15, -0.1) is 0 Å². The lowest BCUT2D eigenvalue weighted by atomic mass is 9.91. The van der Waals surface area contributed by atoms with Crippen LogP contribution < -0.4 is 10.9 Å². The van der Waals surface area contributed by atoms with Crippen LogP contribution in [-0.2, 0) is 18.3 Å². The van der Waals surface area contributed by atoms with Crippen molar-refractivity contribution >= 4 is 5.91 Å². The van der Waals surface area contributed by atoms with Crippen LogP contribution in [0.15, 0.2) is 16.9 Å². The molecular weight excluding hydrogens is 228 g/mol. The number of carbonyl (C=O) groups is 1. The van der Waals surface area contributed by atoms with Crippen molar-refractivity contribution in [3.8, 4) is 0 Å².